The van der Waals surface area contributed by atoms with E-state index in [1.165, 1.54) is 0 Å². The first kappa shape index (κ1) is 10.1. The SMILES string of the molecule is CNC(=O)C(C)SCCCl. The van der Waals surface area contributed by atoms with E-state index in [1.807, 2.05) is 6.92 Å². The standard InChI is InChI=1S/C6H12ClNOS/c1-5(6(9)8-2)10-4-3-7/h5H,3-4H2,1-2H3,(H,8,9). The molecule has 0 aliphatic carbocycles. The highest BCUT2D eigenvalue weighted by molar-refractivity contribution is 8.00. The minimum absolute atomic E-state index is 0.0174. The van der Waals surface area contributed by atoms with E-state index in [2.05, 4.69) is 5.32 Å². The molecule has 0 aliphatic rings. The van der Waals surface area contributed by atoms with Gasteiger partial charge in [-0.2, -0.15) is 0 Å². The molecule has 1 unspecified atom stereocenters. The number of rotatable bonds is 4. The molecule has 10 heavy (non-hydrogen) atoms. The molecule has 0 aromatic carbocycles. The van der Waals surface area contributed by atoms with Crippen molar-refractivity contribution in [2.45, 2.75) is 12.2 Å². The van der Waals surface area contributed by atoms with E-state index >= 15 is 0 Å². The molecule has 0 aliphatic heterocycles. The van der Waals surface area contributed by atoms with Crippen molar-refractivity contribution in [3.05, 3.63) is 0 Å². The monoisotopic (exact) mass is 181 g/mol. The molecule has 0 rings (SSSR count). The first-order chi connectivity index (χ1) is 4.72. The van der Waals surface area contributed by atoms with Crippen LogP contribution in [0.3, 0.4) is 0 Å². The van der Waals surface area contributed by atoms with Crippen LogP contribution < -0.4 is 5.32 Å². The van der Waals surface area contributed by atoms with E-state index in [1.54, 1.807) is 18.8 Å². The summed E-state index contributed by atoms with van der Waals surface area (Å²) in [5.41, 5.74) is 0. The fourth-order valence-electron chi connectivity index (χ4n) is 0.500. The molecule has 0 aromatic rings. The molecule has 0 heterocycles. The average molecular weight is 182 g/mol. The van der Waals surface area contributed by atoms with Gasteiger partial charge in [-0.25, -0.2) is 0 Å². The van der Waals surface area contributed by atoms with Crippen LogP contribution in [0.15, 0.2) is 0 Å². The van der Waals surface area contributed by atoms with E-state index in [-0.39, 0.29) is 11.2 Å². The molecule has 0 fully saturated rings. The van der Waals surface area contributed by atoms with Crippen LogP contribution in [0.25, 0.3) is 0 Å². The van der Waals surface area contributed by atoms with E-state index in [9.17, 15) is 4.79 Å². The van der Waals surface area contributed by atoms with Gasteiger partial charge in [-0.15, -0.1) is 23.4 Å². The normalized spacial score (nSPS) is 12.7. The molecule has 1 N–H and O–H groups in total. The van der Waals surface area contributed by atoms with Crippen LogP contribution in [0.4, 0.5) is 0 Å². The number of nitrogens with one attached hydrogen (secondary N) is 1. The third-order valence-corrected chi connectivity index (χ3v) is 2.63. The molecule has 0 radical (unpaired) electrons. The number of amides is 1. The highest BCUT2D eigenvalue weighted by atomic mass is 35.5. The summed E-state index contributed by atoms with van der Waals surface area (Å²) in [4.78, 5) is 10.8. The van der Waals surface area contributed by atoms with Gasteiger partial charge in [0.25, 0.3) is 0 Å². The van der Waals surface area contributed by atoms with Gasteiger partial charge in [-0.1, -0.05) is 0 Å². The van der Waals surface area contributed by atoms with Crippen LogP contribution in [-0.2, 0) is 4.79 Å². The van der Waals surface area contributed by atoms with Gasteiger partial charge in [-0.05, 0) is 6.92 Å². The lowest BCUT2D eigenvalue weighted by Crippen LogP contribution is -2.27. The van der Waals surface area contributed by atoms with Crippen molar-refractivity contribution in [2.75, 3.05) is 18.7 Å². The maximum Gasteiger partial charge on any atom is 0.232 e. The Kier molecular flexibility index (Phi) is 5.93. The third kappa shape index (κ3) is 4.01. The number of thioether (sulfide) groups is 1. The topological polar surface area (TPSA) is 29.1 Å². The van der Waals surface area contributed by atoms with E-state index in [0.29, 0.717) is 5.88 Å². The summed E-state index contributed by atoms with van der Waals surface area (Å²) in [5.74, 6) is 1.50. The molecule has 1 atom stereocenters. The average Bonchev–Trinajstić information content (AvgIpc) is 1.98. The maximum atomic E-state index is 10.8. The van der Waals surface area contributed by atoms with Gasteiger partial charge in [0.15, 0.2) is 0 Å². The Bertz CT molecular complexity index is 110. The van der Waals surface area contributed by atoms with Gasteiger partial charge in [0.05, 0.1) is 5.25 Å². The van der Waals surface area contributed by atoms with Gasteiger partial charge in [0, 0.05) is 18.7 Å². The molecule has 0 aromatic heterocycles. The lowest BCUT2D eigenvalue weighted by molar-refractivity contribution is -0.119. The van der Waals surface area contributed by atoms with Gasteiger partial charge in [-0.3, -0.25) is 4.79 Å². The zero-order chi connectivity index (χ0) is 7.98. The Balaban J connectivity index is 3.41. The summed E-state index contributed by atoms with van der Waals surface area (Å²) < 4.78 is 0. The first-order valence-corrected chi connectivity index (χ1v) is 4.70. The van der Waals surface area contributed by atoms with Crippen LogP contribution >= 0.6 is 23.4 Å². The lowest BCUT2D eigenvalue weighted by Gasteiger charge is -2.06. The number of hydrogen-bond acceptors (Lipinski definition) is 2. The second-order valence-electron chi connectivity index (χ2n) is 1.82. The largest absolute Gasteiger partial charge is 0.358 e. The van der Waals surface area contributed by atoms with Crippen molar-refractivity contribution in [1.29, 1.82) is 0 Å². The number of alkyl halides is 1. The third-order valence-electron chi connectivity index (χ3n) is 1.06. The van der Waals surface area contributed by atoms with Crippen molar-refractivity contribution >= 4 is 29.3 Å². The molecule has 60 valence electrons. The van der Waals surface area contributed by atoms with Crippen LogP contribution in [-0.4, -0.2) is 29.8 Å². The molecule has 0 saturated carbocycles. The summed E-state index contributed by atoms with van der Waals surface area (Å²) in [5, 5.41) is 2.59. The van der Waals surface area contributed by atoms with Gasteiger partial charge >= 0.3 is 0 Å². The predicted octanol–water partition coefficient (Wildman–Crippen LogP) is 1.09. The minimum Gasteiger partial charge on any atom is -0.358 e. The first-order valence-electron chi connectivity index (χ1n) is 3.11. The van der Waals surface area contributed by atoms with Crippen molar-refractivity contribution in [2.24, 2.45) is 0 Å². The van der Waals surface area contributed by atoms with Gasteiger partial charge < -0.3 is 5.32 Å². The molecule has 4 heteroatoms. The van der Waals surface area contributed by atoms with Crippen LogP contribution in [0.1, 0.15) is 6.92 Å². The molecule has 0 bridgehead atoms. The molecular formula is C6H12ClNOS. The maximum absolute atomic E-state index is 10.8. The summed E-state index contributed by atoms with van der Waals surface area (Å²) in [7, 11) is 1.64. The summed E-state index contributed by atoms with van der Waals surface area (Å²) >= 11 is 7.01. The summed E-state index contributed by atoms with van der Waals surface area (Å²) in [6, 6.07) is 0. The zero-order valence-corrected chi connectivity index (χ0v) is 7.76. The lowest BCUT2D eigenvalue weighted by atomic mass is 10.4. The fourth-order valence-corrected chi connectivity index (χ4v) is 1.48. The second-order valence-corrected chi connectivity index (χ2v) is 3.64. The Morgan fingerprint density at radius 3 is 2.80 bits per heavy atom. The Morgan fingerprint density at radius 2 is 2.40 bits per heavy atom. The fraction of sp³-hybridized carbons (Fsp3) is 0.833. The molecule has 2 nitrogen and oxygen atoms in total. The Morgan fingerprint density at radius 1 is 1.80 bits per heavy atom. The smallest absolute Gasteiger partial charge is 0.232 e. The van der Waals surface area contributed by atoms with Gasteiger partial charge in [0.1, 0.15) is 0 Å². The summed E-state index contributed by atoms with van der Waals surface area (Å²) in [6.45, 7) is 1.87. The van der Waals surface area contributed by atoms with Crippen LogP contribution in [0.5, 0.6) is 0 Å². The molecule has 0 spiro atoms. The van der Waals surface area contributed by atoms with Crippen molar-refractivity contribution in [3.8, 4) is 0 Å². The highest BCUT2D eigenvalue weighted by Gasteiger charge is 2.09. The number of halogens is 1. The van der Waals surface area contributed by atoms with E-state index < -0.39 is 0 Å². The number of hydrogen-bond donors (Lipinski definition) is 1. The molecule has 1 amide bonds. The van der Waals surface area contributed by atoms with Gasteiger partial charge in [0.2, 0.25) is 5.91 Å². The number of carbonyl (C=O) groups is 1. The molecular weight excluding hydrogens is 170 g/mol. The Labute approximate surface area is 70.7 Å². The van der Waals surface area contributed by atoms with E-state index in [4.69, 9.17) is 11.6 Å². The van der Waals surface area contributed by atoms with Crippen molar-refractivity contribution in [3.63, 3.8) is 0 Å². The van der Waals surface area contributed by atoms with Crippen molar-refractivity contribution < 1.29 is 4.79 Å². The van der Waals surface area contributed by atoms with Crippen LogP contribution in [0.2, 0.25) is 0 Å². The highest BCUT2D eigenvalue weighted by Crippen LogP contribution is 2.09. The van der Waals surface area contributed by atoms with Crippen molar-refractivity contribution in [1.82, 2.24) is 5.32 Å². The van der Waals surface area contributed by atoms with Crippen LogP contribution in [0, 0.1) is 0 Å². The zero-order valence-electron chi connectivity index (χ0n) is 6.19. The number of carbonyl (C=O) groups excluding carboxylic acids is 1. The predicted molar refractivity (Wildman–Crippen MR) is 46.7 cm³/mol. The second kappa shape index (κ2) is 5.86. The summed E-state index contributed by atoms with van der Waals surface area (Å²) in [6.07, 6.45) is 0. The minimum atomic E-state index is 0.0174. The Hall–Kier alpha value is 0.110. The van der Waals surface area contributed by atoms with E-state index in [0.717, 1.165) is 5.75 Å². The molecule has 0 saturated heterocycles. The quantitative estimate of drug-likeness (QED) is 0.659.